The predicted molar refractivity (Wildman–Crippen MR) is 95.2 cm³/mol. The fraction of sp³-hybridized carbons (Fsp3) is 0.167. The number of carbonyl (C=O) groups excluding carboxylic acids is 2. The van der Waals surface area contributed by atoms with Crippen molar-refractivity contribution in [2.75, 3.05) is 25.5 Å². The summed E-state index contributed by atoms with van der Waals surface area (Å²) in [6.07, 6.45) is 1.51. The van der Waals surface area contributed by atoms with E-state index in [1.165, 1.54) is 30.5 Å². The highest BCUT2D eigenvalue weighted by Gasteiger charge is 2.07. The summed E-state index contributed by atoms with van der Waals surface area (Å²) in [6.45, 7) is -0.229. The van der Waals surface area contributed by atoms with Crippen molar-refractivity contribution in [1.29, 1.82) is 0 Å². The zero-order valence-electron chi connectivity index (χ0n) is 14.0. The van der Waals surface area contributed by atoms with Crippen LogP contribution in [0.1, 0.15) is 15.9 Å². The number of amides is 2. The Kier molecular flexibility index (Phi) is 6.22. The monoisotopic (exact) mass is 342 g/mol. The van der Waals surface area contributed by atoms with Gasteiger partial charge in [-0.25, -0.2) is 9.82 Å². The minimum Gasteiger partial charge on any atom is -0.378 e. The minimum atomic E-state index is -0.461. The largest absolute Gasteiger partial charge is 0.378 e. The van der Waals surface area contributed by atoms with E-state index >= 15 is 0 Å². The van der Waals surface area contributed by atoms with Gasteiger partial charge in [-0.2, -0.15) is 5.10 Å². The summed E-state index contributed by atoms with van der Waals surface area (Å²) in [6, 6.07) is 12.7. The molecule has 0 unspecified atom stereocenters. The van der Waals surface area contributed by atoms with Crippen molar-refractivity contribution in [2.24, 2.45) is 5.10 Å². The summed E-state index contributed by atoms with van der Waals surface area (Å²) in [5.74, 6) is -1.35. The highest BCUT2D eigenvalue weighted by molar-refractivity contribution is 5.96. The second kappa shape index (κ2) is 8.58. The molecule has 0 atom stereocenters. The average Bonchev–Trinajstić information content (AvgIpc) is 2.60. The highest BCUT2D eigenvalue weighted by Crippen LogP contribution is 2.10. The van der Waals surface area contributed by atoms with Crippen LogP contribution in [0.5, 0.6) is 0 Å². The molecular formula is C18H19FN4O2. The summed E-state index contributed by atoms with van der Waals surface area (Å²) in [5, 5.41) is 6.27. The first-order valence-corrected chi connectivity index (χ1v) is 7.59. The van der Waals surface area contributed by atoms with Gasteiger partial charge in [0.15, 0.2) is 0 Å². The first-order chi connectivity index (χ1) is 12.0. The van der Waals surface area contributed by atoms with Gasteiger partial charge >= 0.3 is 0 Å². The molecule has 25 heavy (non-hydrogen) atoms. The van der Waals surface area contributed by atoms with E-state index in [4.69, 9.17) is 0 Å². The number of benzene rings is 2. The Hall–Kier alpha value is -3.22. The van der Waals surface area contributed by atoms with Gasteiger partial charge in [0.1, 0.15) is 5.82 Å². The van der Waals surface area contributed by atoms with E-state index < -0.39 is 17.6 Å². The molecule has 2 rings (SSSR count). The number of anilines is 1. The molecule has 0 aliphatic carbocycles. The van der Waals surface area contributed by atoms with Crippen molar-refractivity contribution >= 4 is 23.7 Å². The molecule has 130 valence electrons. The molecule has 0 radical (unpaired) electrons. The first-order valence-electron chi connectivity index (χ1n) is 7.59. The van der Waals surface area contributed by atoms with Gasteiger partial charge in [0.05, 0.1) is 12.8 Å². The molecule has 0 aliphatic rings. The predicted octanol–water partition coefficient (Wildman–Crippen LogP) is 1.77. The van der Waals surface area contributed by atoms with Crippen LogP contribution in [0.15, 0.2) is 53.6 Å². The number of rotatable bonds is 6. The van der Waals surface area contributed by atoms with E-state index in [0.29, 0.717) is 0 Å². The maximum atomic E-state index is 12.8. The second-order valence-corrected chi connectivity index (χ2v) is 5.47. The average molecular weight is 342 g/mol. The molecule has 0 fully saturated rings. The minimum absolute atomic E-state index is 0.229. The molecule has 0 aromatic heterocycles. The Bertz CT molecular complexity index is 756. The second-order valence-electron chi connectivity index (χ2n) is 5.47. The molecule has 6 nitrogen and oxygen atoms in total. The Labute approximate surface area is 145 Å². The number of halogens is 1. The summed E-state index contributed by atoms with van der Waals surface area (Å²) in [5.41, 5.74) is 4.50. The van der Waals surface area contributed by atoms with E-state index in [2.05, 4.69) is 15.8 Å². The SMILES string of the molecule is CN(C)c1ccc(C=NNC(=O)CNC(=O)c2ccc(F)cc2)cc1. The zero-order valence-corrected chi connectivity index (χ0v) is 14.0. The number of hydrazone groups is 1. The lowest BCUT2D eigenvalue weighted by molar-refractivity contribution is -0.120. The van der Waals surface area contributed by atoms with E-state index in [9.17, 15) is 14.0 Å². The van der Waals surface area contributed by atoms with Gasteiger partial charge in [0.2, 0.25) is 0 Å². The molecule has 0 spiro atoms. The van der Waals surface area contributed by atoms with Crippen LogP contribution in [0.3, 0.4) is 0 Å². The number of nitrogens with one attached hydrogen (secondary N) is 2. The summed E-state index contributed by atoms with van der Waals surface area (Å²) in [4.78, 5) is 25.4. The van der Waals surface area contributed by atoms with Crippen LogP contribution in [0, 0.1) is 5.82 Å². The third kappa shape index (κ3) is 5.72. The molecule has 2 aromatic carbocycles. The molecule has 0 aliphatic heterocycles. The van der Waals surface area contributed by atoms with Crippen molar-refractivity contribution < 1.29 is 14.0 Å². The molecule has 0 bridgehead atoms. The Morgan fingerprint density at radius 2 is 1.72 bits per heavy atom. The van der Waals surface area contributed by atoms with Crippen LogP contribution in [0.2, 0.25) is 0 Å². The smallest absolute Gasteiger partial charge is 0.259 e. The van der Waals surface area contributed by atoms with Crippen molar-refractivity contribution in [3.05, 3.63) is 65.5 Å². The summed E-state index contributed by atoms with van der Waals surface area (Å²) in [7, 11) is 3.90. The topological polar surface area (TPSA) is 73.8 Å². The van der Waals surface area contributed by atoms with Crippen molar-refractivity contribution in [3.8, 4) is 0 Å². The van der Waals surface area contributed by atoms with Gasteiger partial charge in [-0.1, -0.05) is 12.1 Å². The Morgan fingerprint density at radius 3 is 2.32 bits per heavy atom. The van der Waals surface area contributed by atoms with Gasteiger partial charge < -0.3 is 10.2 Å². The molecule has 7 heteroatoms. The Balaban J connectivity index is 1.78. The molecule has 2 N–H and O–H groups in total. The molecular weight excluding hydrogens is 323 g/mol. The van der Waals surface area contributed by atoms with Gasteiger partial charge in [-0.3, -0.25) is 9.59 Å². The third-order valence-electron chi connectivity index (χ3n) is 3.33. The maximum absolute atomic E-state index is 12.8. The van der Waals surface area contributed by atoms with E-state index in [0.717, 1.165) is 11.3 Å². The molecule has 2 aromatic rings. The first kappa shape index (κ1) is 18.1. The van der Waals surface area contributed by atoms with Gasteiger partial charge in [-0.05, 0) is 42.0 Å². The van der Waals surface area contributed by atoms with E-state index in [1.54, 1.807) is 0 Å². The van der Waals surface area contributed by atoms with Crippen molar-refractivity contribution in [1.82, 2.24) is 10.7 Å². The van der Waals surface area contributed by atoms with Crippen LogP contribution in [-0.4, -0.2) is 38.7 Å². The fourth-order valence-corrected chi connectivity index (χ4v) is 1.94. The summed E-state index contributed by atoms with van der Waals surface area (Å²) < 4.78 is 12.8. The quantitative estimate of drug-likeness (QED) is 0.621. The third-order valence-corrected chi connectivity index (χ3v) is 3.33. The van der Waals surface area contributed by atoms with Crippen LogP contribution in [0.4, 0.5) is 10.1 Å². The fourth-order valence-electron chi connectivity index (χ4n) is 1.94. The van der Waals surface area contributed by atoms with E-state index in [-0.39, 0.29) is 12.1 Å². The molecule has 0 heterocycles. The molecule has 0 saturated heterocycles. The van der Waals surface area contributed by atoms with Crippen molar-refractivity contribution in [3.63, 3.8) is 0 Å². The number of hydrogen-bond acceptors (Lipinski definition) is 4. The summed E-state index contributed by atoms with van der Waals surface area (Å²) >= 11 is 0. The number of nitrogens with zero attached hydrogens (tertiary/aromatic N) is 2. The lowest BCUT2D eigenvalue weighted by Crippen LogP contribution is -2.34. The van der Waals surface area contributed by atoms with Crippen molar-refractivity contribution in [2.45, 2.75) is 0 Å². The maximum Gasteiger partial charge on any atom is 0.259 e. The van der Waals surface area contributed by atoms with Crippen LogP contribution in [0.25, 0.3) is 0 Å². The zero-order chi connectivity index (χ0) is 18.2. The molecule has 0 saturated carbocycles. The van der Waals surface area contributed by atoms with Crippen LogP contribution >= 0.6 is 0 Å². The van der Waals surface area contributed by atoms with Crippen LogP contribution < -0.4 is 15.6 Å². The van der Waals surface area contributed by atoms with Crippen LogP contribution in [-0.2, 0) is 4.79 Å². The standard InChI is InChI=1S/C18H19FN4O2/c1-23(2)16-9-3-13(4-10-16)11-21-22-17(24)12-20-18(25)14-5-7-15(19)8-6-14/h3-11H,12H2,1-2H3,(H,20,25)(H,22,24). The van der Waals surface area contributed by atoms with Gasteiger partial charge in [-0.15, -0.1) is 0 Å². The number of hydrogen-bond donors (Lipinski definition) is 2. The van der Waals surface area contributed by atoms with Gasteiger partial charge in [0, 0.05) is 25.3 Å². The van der Waals surface area contributed by atoms with Gasteiger partial charge in [0.25, 0.3) is 11.8 Å². The molecule has 2 amide bonds. The normalized spacial score (nSPS) is 10.5. The highest BCUT2D eigenvalue weighted by atomic mass is 19.1. The Morgan fingerprint density at radius 1 is 1.08 bits per heavy atom. The number of carbonyl (C=O) groups is 2. The van der Waals surface area contributed by atoms with E-state index in [1.807, 2.05) is 43.3 Å². The lowest BCUT2D eigenvalue weighted by Gasteiger charge is -2.11. The lowest BCUT2D eigenvalue weighted by atomic mass is 10.2.